The number of halogens is 1. The van der Waals surface area contributed by atoms with Gasteiger partial charge in [-0.15, -0.1) is 0 Å². The summed E-state index contributed by atoms with van der Waals surface area (Å²) in [6.45, 7) is 2.18. The molecule has 0 spiro atoms. The van der Waals surface area contributed by atoms with Crippen molar-refractivity contribution in [2.24, 2.45) is 0 Å². The molecule has 0 saturated carbocycles. The number of benzene rings is 1. The lowest BCUT2D eigenvalue weighted by Crippen LogP contribution is -2.00. The van der Waals surface area contributed by atoms with Crippen molar-refractivity contribution in [1.29, 1.82) is 5.26 Å². The summed E-state index contributed by atoms with van der Waals surface area (Å²) in [4.78, 5) is 0. The number of ether oxygens (including phenoxy) is 1. The summed E-state index contributed by atoms with van der Waals surface area (Å²) in [5, 5.41) is 8.32. The molecule has 0 radical (unpaired) electrons. The number of rotatable bonds is 4. The summed E-state index contributed by atoms with van der Waals surface area (Å²) in [7, 11) is 0. The predicted molar refractivity (Wildman–Crippen MR) is 51.5 cm³/mol. The Morgan fingerprint density at radius 3 is 2.93 bits per heavy atom. The van der Waals surface area contributed by atoms with Gasteiger partial charge >= 0.3 is 0 Å². The lowest BCUT2D eigenvalue weighted by Gasteiger charge is -2.09. The molecule has 14 heavy (non-hydrogen) atoms. The quantitative estimate of drug-likeness (QED) is 0.689. The molecule has 0 amide bonds. The smallest absolute Gasteiger partial charge is 0.130 e. The van der Waals surface area contributed by atoms with Gasteiger partial charge in [-0.2, -0.15) is 5.26 Å². The molecule has 0 bridgehead atoms. The Hall–Kier alpha value is -1.56. The Kier molecular flexibility index (Phi) is 3.93. The van der Waals surface area contributed by atoms with Crippen LogP contribution >= 0.6 is 0 Å². The van der Waals surface area contributed by atoms with Gasteiger partial charge in [0.1, 0.15) is 18.2 Å². The monoisotopic (exact) mass is 193 g/mol. The Bertz CT molecular complexity index is 344. The molecule has 0 aliphatic rings. The second-order valence-electron chi connectivity index (χ2n) is 2.83. The van der Waals surface area contributed by atoms with Crippen LogP contribution in [0.4, 0.5) is 4.39 Å². The Morgan fingerprint density at radius 2 is 2.29 bits per heavy atom. The van der Waals surface area contributed by atoms with Gasteiger partial charge in [0.15, 0.2) is 0 Å². The first kappa shape index (κ1) is 10.5. The molecular weight excluding hydrogens is 181 g/mol. The maximum atomic E-state index is 13.2. The zero-order valence-corrected chi connectivity index (χ0v) is 8.09. The molecule has 74 valence electrons. The van der Waals surface area contributed by atoms with E-state index in [2.05, 4.69) is 0 Å². The number of hydrogen-bond donors (Lipinski definition) is 0. The minimum absolute atomic E-state index is 0.248. The molecule has 0 aliphatic heterocycles. The SMILES string of the molecule is CCc1c(F)cccc1OCCC#N. The van der Waals surface area contributed by atoms with Crippen LogP contribution in [-0.4, -0.2) is 6.61 Å². The number of nitrogens with zero attached hydrogens (tertiary/aromatic N) is 1. The minimum Gasteiger partial charge on any atom is -0.492 e. The fourth-order valence-electron chi connectivity index (χ4n) is 1.22. The fourth-order valence-corrected chi connectivity index (χ4v) is 1.22. The van der Waals surface area contributed by atoms with E-state index in [0.717, 1.165) is 0 Å². The third-order valence-corrected chi connectivity index (χ3v) is 1.90. The highest BCUT2D eigenvalue weighted by Crippen LogP contribution is 2.21. The Labute approximate surface area is 82.9 Å². The van der Waals surface area contributed by atoms with Crippen LogP contribution in [0, 0.1) is 17.1 Å². The molecule has 0 unspecified atom stereocenters. The molecule has 0 heterocycles. The summed E-state index contributed by atoms with van der Waals surface area (Å²) in [6, 6.07) is 6.71. The summed E-state index contributed by atoms with van der Waals surface area (Å²) in [6.07, 6.45) is 0.911. The predicted octanol–water partition coefficient (Wildman–Crippen LogP) is 2.68. The topological polar surface area (TPSA) is 33.0 Å². The lowest BCUT2D eigenvalue weighted by molar-refractivity contribution is 0.321. The first-order valence-electron chi connectivity index (χ1n) is 4.56. The number of hydrogen-bond acceptors (Lipinski definition) is 2. The highest BCUT2D eigenvalue weighted by atomic mass is 19.1. The summed E-state index contributed by atoms with van der Waals surface area (Å²) in [5.74, 6) is 0.296. The summed E-state index contributed by atoms with van der Waals surface area (Å²) < 4.78 is 18.5. The van der Waals surface area contributed by atoms with Crippen LogP contribution in [0.25, 0.3) is 0 Å². The van der Waals surface area contributed by atoms with Crippen molar-refractivity contribution in [1.82, 2.24) is 0 Å². The molecule has 1 rings (SSSR count). The molecule has 3 heteroatoms. The minimum atomic E-state index is -0.248. The van der Waals surface area contributed by atoms with E-state index in [1.54, 1.807) is 12.1 Å². The van der Waals surface area contributed by atoms with Gasteiger partial charge in [0.2, 0.25) is 0 Å². The van der Waals surface area contributed by atoms with Crippen molar-refractivity contribution in [2.45, 2.75) is 19.8 Å². The summed E-state index contributed by atoms with van der Waals surface area (Å²) >= 11 is 0. The molecular formula is C11H12FNO. The van der Waals surface area contributed by atoms with Crippen LogP contribution in [-0.2, 0) is 6.42 Å². The Balaban J connectivity index is 2.76. The van der Waals surface area contributed by atoms with Crippen LogP contribution in [0.5, 0.6) is 5.75 Å². The van der Waals surface area contributed by atoms with Crippen molar-refractivity contribution in [3.05, 3.63) is 29.6 Å². The molecule has 1 aromatic rings. The zero-order valence-electron chi connectivity index (χ0n) is 8.09. The maximum absolute atomic E-state index is 13.2. The van der Waals surface area contributed by atoms with Gasteiger partial charge in [-0.05, 0) is 18.6 Å². The molecule has 1 aromatic carbocycles. The largest absolute Gasteiger partial charge is 0.492 e. The second-order valence-corrected chi connectivity index (χ2v) is 2.83. The normalized spacial score (nSPS) is 9.50. The van der Waals surface area contributed by atoms with E-state index in [1.807, 2.05) is 13.0 Å². The van der Waals surface area contributed by atoms with Gasteiger partial charge in [-0.1, -0.05) is 13.0 Å². The van der Waals surface area contributed by atoms with Gasteiger partial charge in [0, 0.05) is 5.56 Å². The standard InChI is InChI=1S/C11H12FNO/c1-2-9-10(12)5-3-6-11(9)14-8-4-7-13/h3,5-6H,2,4,8H2,1H3. The van der Waals surface area contributed by atoms with Gasteiger partial charge in [-0.25, -0.2) is 4.39 Å². The van der Waals surface area contributed by atoms with E-state index in [0.29, 0.717) is 30.8 Å². The van der Waals surface area contributed by atoms with Crippen molar-refractivity contribution in [2.75, 3.05) is 6.61 Å². The highest BCUT2D eigenvalue weighted by molar-refractivity contribution is 5.34. The van der Waals surface area contributed by atoms with E-state index in [1.165, 1.54) is 6.07 Å². The van der Waals surface area contributed by atoms with Gasteiger partial charge in [0.25, 0.3) is 0 Å². The fraction of sp³-hybridized carbons (Fsp3) is 0.364. The maximum Gasteiger partial charge on any atom is 0.130 e. The molecule has 2 nitrogen and oxygen atoms in total. The van der Waals surface area contributed by atoms with E-state index in [9.17, 15) is 4.39 Å². The van der Waals surface area contributed by atoms with Crippen LogP contribution < -0.4 is 4.74 Å². The lowest BCUT2D eigenvalue weighted by atomic mass is 10.1. The zero-order chi connectivity index (χ0) is 10.4. The first-order chi connectivity index (χ1) is 6.79. The van der Waals surface area contributed by atoms with Crippen molar-refractivity contribution >= 4 is 0 Å². The van der Waals surface area contributed by atoms with E-state index in [-0.39, 0.29) is 5.82 Å². The van der Waals surface area contributed by atoms with Crippen LogP contribution in [0.2, 0.25) is 0 Å². The van der Waals surface area contributed by atoms with Crippen LogP contribution in [0.3, 0.4) is 0 Å². The van der Waals surface area contributed by atoms with E-state index >= 15 is 0 Å². The Morgan fingerprint density at radius 1 is 1.50 bits per heavy atom. The van der Waals surface area contributed by atoms with Crippen molar-refractivity contribution in [3.63, 3.8) is 0 Å². The average Bonchev–Trinajstić information content (AvgIpc) is 2.18. The van der Waals surface area contributed by atoms with E-state index in [4.69, 9.17) is 10.00 Å². The van der Waals surface area contributed by atoms with Gasteiger partial charge in [-0.3, -0.25) is 0 Å². The third kappa shape index (κ3) is 2.46. The van der Waals surface area contributed by atoms with Crippen molar-refractivity contribution in [3.8, 4) is 11.8 Å². The van der Waals surface area contributed by atoms with Crippen LogP contribution in [0.15, 0.2) is 18.2 Å². The molecule has 0 fully saturated rings. The van der Waals surface area contributed by atoms with Crippen LogP contribution in [0.1, 0.15) is 18.9 Å². The van der Waals surface area contributed by atoms with Crippen molar-refractivity contribution < 1.29 is 9.13 Å². The highest BCUT2D eigenvalue weighted by Gasteiger charge is 2.06. The van der Waals surface area contributed by atoms with Gasteiger partial charge in [0.05, 0.1) is 12.5 Å². The van der Waals surface area contributed by atoms with Gasteiger partial charge < -0.3 is 4.74 Å². The number of nitriles is 1. The molecule has 0 aliphatic carbocycles. The van der Waals surface area contributed by atoms with E-state index < -0.39 is 0 Å². The molecule has 0 aromatic heterocycles. The third-order valence-electron chi connectivity index (χ3n) is 1.90. The molecule has 0 atom stereocenters. The molecule has 0 saturated heterocycles. The first-order valence-corrected chi connectivity index (χ1v) is 4.56. The second kappa shape index (κ2) is 5.23. The average molecular weight is 193 g/mol. The summed E-state index contributed by atoms with van der Waals surface area (Å²) in [5.41, 5.74) is 0.574. The molecule has 0 N–H and O–H groups in total.